The molecule has 2 aromatic carbocycles. The summed E-state index contributed by atoms with van der Waals surface area (Å²) in [6.45, 7) is 3.16. The molecule has 3 aromatic rings. The van der Waals surface area contributed by atoms with Gasteiger partial charge in [-0.2, -0.15) is 17.9 Å². The first-order chi connectivity index (χ1) is 14.2. The number of aliphatic hydroxyl groups excluding tert-OH is 1. The van der Waals surface area contributed by atoms with Crippen LogP contribution in [-0.2, 0) is 6.18 Å². The van der Waals surface area contributed by atoms with Gasteiger partial charge in [-0.1, -0.05) is 29.8 Å². The Bertz CT molecular complexity index is 1030. The molecule has 0 aliphatic heterocycles. The van der Waals surface area contributed by atoms with E-state index in [9.17, 15) is 18.0 Å². The van der Waals surface area contributed by atoms with Crippen molar-refractivity contribution >= 4 is 6.09 Å². The molecule has 0 radical (unpaired) electrons. The van der Waals surface area contributed by atoms with E-state index in [2.05, 4.69) is 20.8 Å². The van der Waals surface area contributed by atoms with E-state index in [-0.39, 0.29) is 18.0 Å². The van der Waals surface area contributed by atoms with Crippen LogP contribution in [0.3, 0.4) is 0 Å². The Balaban J connectivity index is 2.06. The molecule has 11 heteroatoms. The van der Waals surface area contributed by atoms with Crippen LogP contribution in [0, 0.1) is 6.92 Å². The molecule has 30 heavy (non-hydrogen) atoms. The second kappa shape index (κ2) is 8.49. The van der Waals surface area contributed by atoms with Crippen molar-refractivity contribution in [2.75, 3.05) is 6.61 Å². The second-order valence-corrected chi connectivity index (χ2v) is 6.61. The lowest BCUT2D eigenvalue weighted by molar-refractivity contribution is -0.146. The number of ether oxygens (including phenoxy) is 1. The van der Waals surface area contributed by atoms with Gasteiger partial charge in [0, 0.05) is 6.07 Å². The molecule has 0 bridgehead atoms. The van der Waals surface area contributed by atoms with E-state index in [0.717, 1.165) is 5.56 Å². The number of nitrogens with one attached hydrogen (secondary N) is 1. The second-order valence-electron chi connectivity index (χ2n) is 6.61. The highest BCUT2D eigenvalue weighted by Gasteiger charge is 2.38. The van der Waals surface area contributed by atoms with Gasteiger partial charge in [0.1, 0.15) is 5.75 Å². The predicted molar refractivity (Wildman–Crippen MR) is 100 cm³/mol. The molecule has 1 amide bonds. The molecule has 1 heterocycles. The van der Waals surface area contributed by atoms with Crippen molar-refractivity contribution < 1.29 is 27.8 Å². The Morgan fingerprint density at radius 2 is 1.90 bits per heavy atom. The first-order valence-corrected chi connectivity index (χ1v) is 8.84. The molecular formula is C19H18F3N5O3. The van der Waals surface area contributed by atoms with Crippen LogP contribution in [0.15, 0.2) is 42.5 Å². The molecule has 0 aliphatic carbocycles. The maximum absolute atomic E-state index is 13.2. The van der Waals surface area contributed by atoms with Crippen molar-refractivity contribution in [3.05, 3.63) is 53.9 Å². The number of tetrazole rings is 1. The fraction of sp³-hybridized carbons (Fsp3) is 0.263. The first kappa shape index (κ1) is 21.2. The number of aryl methyl sites for hydroxylation is 1. The van der Waals surface area contributed by atoms with Gasteiger partial charge >= 0.3 is 12.3 Å². The number of halogens is 3. The Labute approximate surface area is 169 Å². The Kier molecular flexibility index (Phi) is 6.01. The average molecular weight is 421 g/mol. The van der Waals surface area contributed by atoms with Gasteiger partial charge in [0.05, 0.1) is 18.3 Å². The number of nitrogens with zero attached hydrogens (tertiary/aromatic N) is 4. The van der Waals surface area contributed by atoms with Crippen LogP contribution in [0.4, 0.5) is 18.0 Å². The van der Waals surface area contributed by atoms with Crippen molar-refractivity contribution in [1.29, 1.82) is 0 Å². The van der Waals surface area contributed by atoms with Crippen LogP contribution in [0.5, 0.6) is 5.75 Å². The molecule has 0 aliphatic rings. The van der Waals surface area contributed by atoms with E-state index < -0.39 is 24.1 Å². The molecule has 0 fully saturated rings. The molecule has 2 N–H and O–H groups in total. The minimum absolute atomic E-state index is 0.0191. The number of hydrogen-bond donors (Lipinski definition) is 2. The van der Waals surface area contributed by atoms with Crippen molar-refractivity contribution in [1.82, 2.24) is 25.5 Å². The number of alkyl halides is 3. The molecule has 3 rings (SSSR count). The van der Waals surface area contributed by atoms with Crippen LogP contribution < -0.4 is 10.1 Å². The van der Waals surface area contributed by atoms with Crippen LogP contribution in [-0.4, -0.2) is 44.1 Å². The van der Waals surface area contributed by atoms with E-state index in [0.29, 0.717) is 15.8 Å². The summed E-state index contributed by atoms with van der Waals surface area (Å²) < 4.78 is 45.5. The molecule has 0 saturated carbocycles. The van der Waals surface area contributed by atoms with Crippen LogP contribution in [0.2, 0.25) is 0 Å². The van der Waals surface area contributed by atoms with Gasteiger partial charge in [0.2, 0.25) is 0 Å². The minimum atomic E-state index is -4.78. The highest BCUT2D eigenvalue weighted by atomic mass is 19.4. The number of hydrogen-bond acceptors (Lipinski definition) is 6. The third-order valence-electron chi connectivity index (χ3n) is 4.09. The van der Waals surface area contributed by atoms with Crippen molar-refractivity contribution in [3.63, 3.8) is 0 Å². The lowest BCUT2D eigenvalue weighted by Gasteiger charge is -2.14. The third-order valence-corrected chi connectivity index (χ3v) is 4.09. The SMILES string of the molecule is Cc1ccc(-c2cc(OC(=O)NC(C)CO)cc(-n3nnnc3C(F)(F)F)c2)cc1. The number of carbonyl (C=O) groups is 1. The number of benzene rings is 2. The van der Waals surface area contributed by atoms with Crippen molar-refractivity contribution in [3.8, 4) is 22.6 Å². The maximum Gasteiger partial charge on any atom is 0.453 e. The summed E-state index contributed by atoms with van der Waals surface area (Å²) >= 11 is 0. The quantitative estimate of drug-likeness (QED) is 0.656. The molecule has 1 atom stereocenters. The maximum atomic E-state index is 13.2. The summed E-state index contributed by atoms with van der Waals surface area (Å²) in [5, 5.41) is 21.0. The molecular weight excluding hydrogens is 403 g/mol. The van der Waals surface area contributed by atoms with Gasteiger partial charge in [-0.05, 0) is 47.5 Å². The molecule has 0 spiro atoms. The molecule has 0 saturated heterocycles. The lowest BCUT2D eigenvalue weighted by Crippen LogP contribution is -2.37. The largest absolute Gasteiger partial charge is 0.453 e. The van der Waals surface area contributed by atoms with Gasteiger partial charge in [-0.15, -0.1) is 5.10 Å². The zero-order chi connectivity index (χ0) is 21.9. The topological polar surface area (TPSA) is 102 Å². The Morgan fingerprint density at radius 3 is 2.53 bits per heavy atom. The number of carbonyl (C=O) groups excluding carboxylic acids is 1. The highest BCUT2D eigenvalue weighted by molar-refractivity contribution is 5.74. The van der Waals surface area contributed by atoms with Crippen LogP contribution >= 0.6 is 0 Å². The molecule has 1 unspecified atom stereocenters. The van der Waals surface area contributed by atoms with Gasteiger partial charge in [-0.25, -0.2) is 4.79 Å². The van der Waals surface area contributed by atoms with Crippen molar-refractivity contribution in [2.45, 2.75) is 26.1 Å². The monoisotopic (exact) mass is 421 g/mol. The lowest BCUT2D eigenvalue weighted by atomic mass is 10.0. The first-order valence-electron chi connectivity index (χ1n) is 8.84. The molecule has 158 valence electrons. The average Bonchev–Trinajstić information content (AvgIpc) is 3.18. The smallest absolute Gasteiger partial charge is 0.410 e. The number of rotatable bonds is 5. The van der Waals surface area contributed by atoms with Gasteiger partial charge < -0.3 is 15.2 Å². The fourth-order valence-electron chi connectivity index (χ4n) is 2.60. The summed E-state index contributed by atoms with van der Waals surface area (Å²) in [5.74, 6) is -1.33. The zero-order valence-corrected chi connectivity index (χ0v) is 16.0. The highest BCUT2D eigenvalue weighted by Crippen LogP contribution is 2.32. The van der Waals surface area contributed by atoms with E-state index >= 15 is 0 Å². The molecule has 1 aromatic heterocycles. The summed E-state index contributed by atoms with van der Waals surface area (Å²) in [6.07, 6.45) is -5.64. The van der Waals surface area contributed by atoms with Crippen molar-refractivity contribution in [2.24, 2.45) is 0 Å². The standard InChI is InChI=1S/C19H18F3N5O3/c1-11-3-5-13(6-4-11)14-7-15(27-17(19(20,21)22)24-25-26-27)9-16(8-14)30-18(29)23-12(2)10-28/h3-9,12,28H,10H2,1-2H3,(H,23,29). The Morgan fingerprint density at radius 1 is 1.20 bits per heavy atom. The van der Waals surface area contributed by atoms with E-state index in [1.165, 1.54) is 18.2 Å². The zero-order valence-electron chi connectivity index (χ0n) is 16.0. The number of aliphatic hydroxyl groups is 1. The van der Waals surface area contributed by atoms with Gasteiger partial charge in [0.15, 0.2) is 0 Å². The number of aromatic nitrogens is 4. The fourth-order valence-corrected chi connectivity index (χ4v) is 2.60. The van der Waals surface area contributed by atoms with Crippen LogP contribution in [0.1, 0.15) is 18.3 Å². The van der Waals surface area contributed by atoms with Gasteiger partial charge in [-0.3, -0.25) is 0 Å². The predicted octanol–water partition coefficient (Wildman–Crippen LogP) is 3.13. The van der Waals surface area contributed by atoms with E-state index in [1.54, 1.807) is 19.1 Å². The van der Waals surface area contributed by atoms with E-state index in [1.807, 2.05) is 19.1 Å². The van der Waals surface area contributed by atoms with E-state index in [4.69, 9.17) is 9.84 Å². The third kappa shape index (κ3) is 4.92. The normalized spacial score (nSPS) is 12.5. The summed E-state index contributed by atoms with van der Waals surface area (Å²) in [7, 11) is 0. The summed E-state index contributed by atoms with van der Waals surface area (Å²) in [5.41, 5.74) is 2.15. The summed E-state index contributed by atoms with van der Waals surface area (Å²) in [4.78, 5) is 12.0. The minimum Gasteiger partial charge on any atom is -0.410 e. The van der Waals surface area contributed by atoms with Gasteiger partial charge in [0.25, 0.3) is 5.82 Å². The Hall–Kier alpha value is -3.47. The summed E-state index contributed by atoms with van der Waals surface area (Å²) in [6, 6.07) is 10.9. The number of amides is 1. The van der Waals surface area contributed by atoms with Crippen LogP contribution in [0.25, 0.3) is 16.8 Å². The molecule has 8 nitrogen and oxygen atoms in total.